The van der Waals surface area contributed by atoms with E-state index in [0.717, 1.165) is 26.2 Å². The molecule has 0 aliphatic heterocycles. The molecule has 0 bridgehead atoms. The van der Waals surface area contributed by atoms with Gasteiger partial charge in [-0.1, -0.05) is 66.5 Å². The number of phenolic OH excluding ortho intramolecular Hbond substituents is 1. The first kappa shape index (κ1) is 32.4. The van der Waals surface area contributed by atoms with Crippen molar-refractivity contribution >= 4 is 29.2 Å². The summed E-state index contributed by atoms with van der Waals surface area (Å²) in [6.07, 6.45) is 6.49. The molecule has 1 aromatic carbocycles. The van der Waals surface area contributed by atoms with Gasteiger partial charge in [-0.3, -0.25) is 19.2 Å². The summed E-state index contributed by atoms with van der Waals surface area (Å²) in [7, 11) is 0. The number of fused-ring (bicyclic) bond motifs is 3. The number of carbonyl (C=O) groups is 4. The van der Waals surface area contributed by atoms with E-state index in [4.69, 9.17) is 0 Å². The first-order valence-corrected chi connectivity index (χ1v) is 15.2. The predicted molar refractivity (Wildman–Crippen MR) is 163 cm³/mol. The van der Waals surface area contributed by atoms with Gasteiger partial charge in [0.2, 0.25) is 5.78 Å². The lowest BCUT2D eigenvalue weighted by Crippen LogP contribution is -2.67. The fraction of sp³-hybridized carbons (Fsp3) is 0.543. The summed E-state index contributed by atoms with van der Waals surface area (Å²) >= 11 is 0. The Hall–Kier alpha value is -3.52. The molecule has 0 saturated heterocycles. The number of phenols is 1. The Kier molecular flexibility index (Phi) is 8.44. The van der Waals surface area contributed by atoms with Crippen molar-refractivity contribution in [3.05, 3.63) is 57.6 Å². The molecule has 3 aliphatic rings. The number of benzene rings is 1. The van der Waals surface area contributed by atoms with Crippen LogP contribution in [0.3, 0.4) is 0 Å². The number of aliphatic hydroxyl groups excluding tert-OH is 2. The molecular formula is C35H44O8. The summed E-state index contributed by atoms with van der Waals surface area (Å²) in [5.74, 6) is -4.93. The van der Waals surface area contributed by atoms with Crippen LogP contribution >= 0.6 is 0 Å². The normalized spacial score (nSPS) is 28.9. The molecule has 0 heterocycles. The summed E-state index contributed by atoms with van der Waals surface area (Å²) in [5.41, 5.74) is -5.02. The van der Waals surface area contributed by atoms with E-state index in [9.17, 15) is 39.6 Å². The standard InChI is InChI=1S/C35H44O8/c1-18(2)10-8-9-11-22(37)14-12-21-13-15-24(38)26-23(21)16-33(6)17-34(7)27(19(3)4)29(39)25(20(5)36)31(41)35(34,43)32(42)28(33)30(26)40/h12-15,18-19,27,38-39,42-43H,8-11,16-17H2,1-7H3/b14-12+/t27?,33-,34-,35+/m1/s1. The van der Waals surface area contributed by atoms with Gasteiger partial charge in [-0.25, -0.2) is 0 Å². The molecule has 0 radical (unpaired) electrons. The quantitative estimate of drug-likeness (QED) is 0.152. The van der Waals surface area contributed by atoms with Crippen molar-refractivity contribution in [1.82, 2.24) is 0 Å². The number of hydrogen-bond donors (Lipinski definition) is 4. The highest BCUT2D eigenvalue weighted by Crippen LogP contribution is 2.65. The van der Waals surface area contributed by atoms with Crippen LogP contribution in [0.4, 0.5) is 0 Å². The molecule has 0 aromatic heterocycles. The van der Waals surface area contributed by atoms with Crippen LogP contribution < -0.4 is 0 Å². The molecule has 0 spiro atoms. The summed E-state index contributed by atoms with van der Waals surface area (Å²) in [5, 5.41) is 45.9. The SMILES string of the molecule is CC(=O)C1=C(O)C(C(C)C)[C@@]2(C)C[C@@]3(C)Cc4c(/C=C/C(=O)CCCCC(C)C)ccc(O)c4C(=O)C3=C(O)[C@@]2(O)C1=O. The van der Waals surface area contributed by atoms with Crippen LogP contribution in [0.5, 0.6) is 5.75 Å². The molecule has 1 unspecified atom stereocenters. The van der Waals surface area contributed by atoms with E-state index >= 15 is 0 Å². The zero-order chi connectivity index (χ0) is 32.2. The summed E-state index contributed by atoms with van der Waals surface area (Å²) in [6, 6.07) is 2.98. The van der Waals surface area contributed by atoms with Crippen LogP contribution in [0.15, 0.2) is 40.9 Å². The minimum absolute atomic E-state index is 0.0124. The molecule has 1 aromatic rings. The lowest BCUT2D eigenvalue weighted by molar-refractivity contribution is -0.171. The van der Waals surface area contributed by atoms with Gasteiger partial charge in [0.05, 0.1) is 5.56 Å². The van der Waals surface area contributed by atoms with Crippen molar-refractivity contribution in [2.24, 2.45) is 28.6 Å². The number of allylic oxidation sites excluding steroid dienone is 3. The monoisotopic (exact) mass is 592 g/mol. The minimum atomic E-state index is -2.65. The molecule has 43 heavy (non-hydrogen) atoms. The largest absolute Gasteiger partial charge is 0.511 e. The first-order valence-electron chi connectivity index (χ1n) is 15.2. The Morgan fingerprint density at radius 2 is 1.70 bits per heavy atom. The van der Waals surface area contributed by atoms with E-state index in [0.29, 0.717) is 23.5 Å². The smallest absolute Gasteiger partial charge is 0.209 e. The van der Waals surface area contributed by atoms with E-state index in [1.54, 1.807) is 39.8 Å². The van der Waals surface area contributed by atoms with Crippen molar-refractivity contribution in [3.63, 3.8) is 0 Å². The average molecular weight is 593 g/mol. The Balaban J connectivity index is 1.84. The van der Waals surface area contributed by atoms with Crippen molar-refractivity contribution < 1.29 is 39.6 Å². The van der Waals surface area contributed by atoms with Crippen LogP contribution in [0.1, 0.15) is 102 Å². The Bertz CT molecular complexity index is 1490. The number of rotatable bonds is 9. The van der Waals surface area contributed by atoms with Gasteiger partial charge in [0.25, 0.3) is 0 Å². The number of aromatic hydroxyl groups is 1. The molecular weight excluding hydrogens is 548 g/mol. The van der Waals surface area contributed by atoms with E-state index in [2.05, 4.69) is 13.8 Å². The number of aliphatic hydroxyl groups is 3. The van der Waals surface area contributed by atoms with E-state index in [-0.39, 0.29) is 41.4 Å². The molecule has 3 aliphatic carbocycles. The predicted octanol–water partition coefficient (Wildman–Crippen LogP) is 6.15. The second-order valence-electron chi connectivity index (χ2n) is 13.9. The number of carbonyl (C=O) groups excluding carboxylic acids is 4. The highest BCUT2D eigenvalue weighted by molar-refractivity contribution is 6.25. The van der Waals surface area contributed by atoms with Gasteiger partial charge in [0, 0.05) is 28.7 Å². The maximum atomic E-state index is 14.1. The van der Waals surface area contributed by atoms with Gasteiger partial charge in [-0.15, -0.1) is 0 Å². The topological polar surface area (TPSA) is 149 Å². The van der Waals surface area contributed by atoms with Gasteiger partial charge in [0.1, 0.15) is 22.8 Å². The van der Waals surface area contributed by atoms with Gasteiger partial charge < -0.3 is 20.4 Å². The molecule has 8 nitrogen and oxygen atoms in total. The molecule has 0 saturated carbocycles. The fourth-order valence-electron chi connectivity index (χ4n) is 8.03. The van der Waals surface area contributed by atoms with Gasteiger partial charge >= 0.3 is 0 Å². The van der Waals surface area contributed by atoms with Crippen LogP contribution in [0, 0.1) is 28.6 Å². The number of ketones is 4. The molecule has 0 fully saturated rings. The molecule has 4 atom stereocenters. The number of Topliss-reactive ketones (excluding diaryl/α,β-unsaturated/α-hetero) is 3. The Labute approximate surface area is 253 Å². The second kappa shape index (κ2) is 11.2. The Morgan fingerprint density at radius 3 is 2.28 bits per heavy atom. The first-order chi connectivity index (χ1) is 19.9. The highest BCUT2D eigenvalue weighted by Gasteiger charge is 2.71. The third kappa shape index (κ3) is 4.97. The van der Waals surface area contributed by atoms with Crippen LogP contribution in [0.2, 0.25) is 0 Å². The van der Waals surface area contributed by atoms with Gasteiger partial charge in [-0.05, 0) is 61.3 Å². The average Bonchev–Trinajstić information content (AvgIpc) is 2.87. The minimum Gasteiger partial charge on any atom is -0.511 e. The molecule has 8 heteroatoms. The second-order valence-corrected chi connectivity index (χ2v) is 13.9. The Morgan fingerprint density at radius 1 is 1.05 bits per heavy atom. The third-order valence-electron chi connectivity index (χ3n) is 9.83. The lowest BCUT2D eigenvalue weighted by atomic mass is 9.44. The molecule has 4 rings (SSSR count). The maximum absolute atomic E-state index is 14.1. The molecule has 0 amide bonds. The summed E-state index contributed by atoms with van der Waals surface area (Å²) in [4.78, 5) is 53.0. The van der Waals surface area contributed by atoms with Gasteiger partial charge in [0.15, 0.2) is 23.0 Å². The number of unbranched alkanes of at least 4 members (excludes halogenated alkanes) is 1. The van der Waals surface area contributed by atoms with E-state index in [1.807, 2.05) is 0 Å². The highest BCUT2D eigenvalue weighted by atomic mass is 16.3. The van der Waals surface area contributed by atoms with Crippen LogP contribution in [-0.2, 0) is 20.8 Å². The summed E-state index contributed by atoms with van der Waals surface area (Å²) < 4.78 is 0. The number of hydrogen-bond acceptors (Lipinski definition) is 8. The zero-order valence-electron chi connectivity index (χ0n) is 26.2. The maximum Gasteiger partial charge on any atom is 0.209 e. The van der Waals surface area contributed by atoms with Crippen LogP contribution in [-0.4, -0.2) is 49.2 Å². The fourth-order valence-corrected chi connectivity index (χ4v) is 8.03. The molecule has 4 N–H and O–H groups in total. The van der Waals surface area contributed by atoms with E-state index in [1.165, 1.54) is 12.1 Å². The van der Waals surface area contributed by atoms with Crippen molar-refractivity contribution in [2.75, 3.05) is 0 Å². The van der Waals surface area contributed by atoms with E-state index < -0.39 is 56.8 Å². The van der Waals surface area contributed by atoms with Gasteiger partial charge in [-0.2, -0.15) is 0 Å². The van der Waals surface area contributed by atoms with Crippen molar-refractivity contribution in [2.45, 2.75) is 92.6 Å². The summed E-state index contributed by atoms with van der Waals surface area (Å²) in [6.45, 7) is 12.3. The zero-order valence-corrected chi connectivity index (χ0v) is 26.2. The third-order valence-corrected chi connectivity index (χ3v) is 9.83. The molecule has 232 valence electrons. The van der Waals surface area contributed by atoms with Crippen LogP contribution in [0.25, 0.3) is 6.08 Å². The van der Waals surface area contributed by atoms with Crippen molar-refractivity contribution in [1.29, 1.82) is 0 Å². The lowest BCUT2D eigenvalue weighted by Gasteiger charge is -2.59. The van der Waals surface area contributed by atoms with Crippen molar-refractivity contribution in [3.8, 4) is 5.75 Å².